The van der Waals surface area contributed by atoms with Gasteiger partial charge in [-0.1, -0.05) is 0 Å². The molecule has 2 aromatic rings. The lowest BCUT2D eigenvalue weighted by atomic mass is 9.93. The van der Waals surface area contributed by atoms with Gasteiger partial charge in [0.05, 0.1) is 11.9 Å². The molecule has 0 aromatic carbocycles. The number of nitrogens with zero attached hydrogens (tertiary/aromatic N) is 4. The Morgan fingerprint density at radius 2 is 1.96 bits per heavy atom. The number of aromatic amines is 1. The minimum atomic E-state index is -0.543. The number of likely N-dealkylation sites (tertiary alicyclic amines) is 1. The molecule has 3 rings (SSSR count). The van der Waals surface area contributed by atoms with Gasteiger partial charge < -0.3 is 10.6 Å². The highest BCUT2D eigenvalue weighted by Crippen LogP contribution is 2.27. The molecule has 8 heteroatoms. The van der Waals surface area contributed by atoms with E-state index in [1.54, 1.807) is 17.2 Å². The third-order valence-corrected chi connectivity index (χ3v) is 4.07. The van der Waals surface area contributed by atoms with Gasteiger partial charge in [-0.2, -0.15) is 5.10 Å². The van der Waals surface area contributed by atoms with E-state index in [0.717, 1.165) is 24.2 Å². The third kappa shape index (κ3) is 3.20. The Labute approximate surface area is 133 Å². The van der Waals surface area contributed by atoms with E-state index in [-0.39, 0.29) is 17.5 Å². The lowest BCUT2D eigenvalue weighted by molar-refractivity contribution is 0.0705. The first-order chi connectivity index (χ1) is 11.0. The zero-order chi connectivity index (χ0) is 16.4. The zero-order valence-corrected chi connectivity index (χ0v) is 12.8. The predicted octanol–water partition coefficient (Wildman–Crippen LogP) is 0.627. The van der Waals surface area contributed by atoms with Gasteiger partial charge in [-0.15, -0.1) is 0 Å². The second kappa shape index (κ2) is 6.15. The fraction of sp³-hybridized carbons (Fsp3) is 0.400. The summed E-state index contributed by atoms with van der Waals surface area (Å²) in [6.07, 6.45) is 4.70. The molecule has 2 aromatic heterocycles. The molecule has 3 N–H and O–H groups in total. The summed E-state index contributed by atoms with van der Waals surface area (Å²) in [5.41, 5.74) is 7.49. The molecular weight excluding hydrogens is 296 g/mol. The number of piperidine rings is 1. The number of amides is 2. The summed E-state index contributed by atoms with van der Waals surface area (Å²) < 4.78 is 0. The van der Waals surface area contributed by atoms with E-state index < -0.39 is 5.91 Å². The maximum atomic E-state index is 12.4. The first-order valence-electron chi connectivity index (χ1n) is 7.47. The molecule has 23 heavy (non-hydrogen) atoms. The fourth-order valence-corrected chi connectivity index (χ4v) is 2.73. The topological polar surface area (TPSA) is 118 Å². The molecule has 120 valence electrons. The maximum absolute atomic E-state index is 12.4. The van der Waals surface area contributed by atoms with Crippen LogP contribution in [0, 0.1) is 6.92 Å². The zero-order valence-electron chi connectivity index (χ0n) is 12.8. The van der Waals surface area contributed by atoms with Gasteiger partial charge in [-0.05, 0) is 25.8 Å². The normalized spacial score (nSPS) is 15.6. The van der Waals surface area contributed by atoms with Crippen LogP contribution in [0.5, 0.6) is 0 Å². The van der Waals surface area contributed by atoms with E-state index in [1.165, 1.54) is 6.20 Å². The minimum Gasteiger partial charge on any atom is -0.364 e. The number of hydrogen-bond donors (Lipinski definition) is 2. The van der Waals surface area contributed by atoms with Crippen molar-refractivity contribution in [1.29, 1.82) is 0 Å². The first kappa shape index (κ1) is 15.1. The van der Waals surface area contributed by atoms with E-state index in [9.17, 15) is 9.59 Å². The third-order valence-electron chi connectivity index (χ3n) is 4.07. The lowest BCUT2D eigenvalue weighted by Gasteiger charge is -2.31. The highest BCUT2D eigenvalue weighted by molar-refractivity contribution is 5.92. The molecule has 0 aliphatic carbocycles. The van der Waals surface area contributed by atoms with E-state index in [1.807, 2.05) is 6.92 Å². The number of H-pyrrole nitrogens is 1. The van der Waals surface area contributed by atoms with E-state index in [4.69, 9.17) is 5.73 Å². The molecule has 1 aliphatic rings. The summed E-state index contributed by atoms with van der Waals surface area (Å²) in [7, 11) is 0. The van der Waals surface area contributed by atoms with Crippen LogP contribution in [0.4, 0.5) is 0 Å². The smallest absolute Gasteiger partial charge is 0.274 e. The first-order valence-corrected chi connectivity index (χ1v) is 7.47. The molecule has 0 atom stereocenters. The second-order valence-electron chi connectivity index (χ2n) is 5.68. The van der Waals surface area contributed by atoms with Crippen molar-refractivity contribution in [3.05, 3.63) is 41.2 Å². The highest BCUT2D eigenvalue weighted by atomic mass is 16.2. The average Bonchev–Trinajstić information content (AvgIpc) is 3.05. The molecule has 1 saturated heterocycles. The number of aromatic nitrogens is 4. The number of nitrogens with one attached hydrogen (secondary N) is 1. The lowest BCUT2D eigenvalue weighted by Crippen LogP contribution is -2.38. The minimum absolute atomic E-state index is 0.0987. The number of rotatable bonds is 3. The number of aryl methyl sites for hydroxylation is 1. The van der Waals surface area contributed by atoms with Crippen molar-refractivity contribution in [2.45, 2.75) is 25.7 Å². The number of carbonyl (C=O) groups is 2. The molecule has 2 amide bonds. The Morgan fingerprint density at radius 1 is 1.22 bits per heavy atom. The molecule has 1 aliphatic heterocycles. The largest absolute Gasteiger partial charge is 0.364 e. The number of primary amides is 1. The number of carbonyl (C=O) groups excluding carboxylic acids is 2. The summed E-state index contributed by atoms with van der Waals surface area (Å²) in [6, 6.07) is 1.69. The summed E-state index contributed by atoms with van der Waals surface area (Å²) in [4.78, 5) is 33.5. The van der Waals surface area contributed by atoms with Gasteiger partial charge in [0.2, 0.25) is 0 Å². The molecule has 0 saturated carbocycles. The van der Waals surface area contributed by atoms with Crippen molar-refractivity contribution >= 4 is 11.8 Å². The van der Waals surface area contributed by atoms with Gasteiger partial charge in [-0.3, -0.25) is 19.7 Å². The maximum Gasteiger partial charge on any atom is 0.274 e. The van der Waals surface area contributed by atoms with Crippen molar-refractivity contribution in [3.63, 3.8) is 0 Å². The van der Waals surface area contributed by atoms with Crippen LogP contribution in [0.2, 0.25) is 0 Å². The standard InChI is InChI=1S/C15H18N6O2/c1-9-7-18-13(8-17-9)15(23)21-4-2-10(3-5-21)11-6-12(14(16)22)20-19-11/h6-8,10H,2-5H2,1H3,(H2,16,22)(H,19,20). The van der Waals surface area contributed by atoms with Gasteiger partial charge >= 0.3 is 0 Å². The summed E-state index contributed by atoms with van der Waals surface area (Å²) in [6.45, 7) is 3.09. The van der Waals surface area contributed by atoms with Crippen LogP contribution in [-0.4, -0.2) is 50.0 Å². The van der Waals surface area contributed by atoms with Crippen LogP contribution in [-0.2, 0) is 0 Å². The Balaban J connectivity index is 1.62. The van der Waals surface area contributed by atoms with Crippen LogP contribution in [0.1, 0.15) is 51.1 Å². The van der Waals surface area contributed by atoms with E-state index >= 15 is 0 Å². The van der Waals surface area contributed by atoms with Crippen molar-refractivity contribution < 1.29 is 9.59 Å². The van der Waals surface area contributed by atoms with Crippen LogP contribution < -0.4 is 5.73 Å². The van der Waals surface area contributed by atoms with Crippen LogP contribution in [0.15, 0.2) is 18.5 Å². The predicted molar refractivity (Wildman–Crippen MR) is 81.8 cm³/mol. The van der Waals surface area contributed by atoms with Crippen molar-refractivity contribution in [2.24, 2.45) is 5.73 Å². The van der Waals surface area contributed by atoms with Crippen LogP contribution in [0.25, 0.3) is 0 Å². The molecule has 0 bridgehead atoms. The summed E-state index contributed by atoms with van der Waals surface area (Å²) >= 11 is 0. The molecular formula is C15H18N6O2. The molecule has 1 fully saturated rings. The molecule has 8 nitrogen and oxygen atoms in total. The SMILES string of the molecule is Cc1cnc(C(=O)N2CCC(c3cc(C(N)=O)n[nH]3)CC2)cn1. The van der Waals surface area contributed by atoms with Crippen LogP contribution in [0.3, 0.4) is 0 Å². The van der Waals surface area contributed by atoms with E-state index in [2.05, 4.69) is 20.2 Å². The van der Waals surface area contributed by atoms with Gasteiger partial charge in [0.1, 0.15) is 11.4 Å². The van der Waals surface area contributed by atoms with Crippen LogP contribution >= 0.6 is 0 Å². The van der Waals surface area contributed by atoms with Gasteiger partial charge in [0.25, 0.3) is 11.8 Å². The fourth-order valence-electron chi connectivity index (χ4n) is 2.73. The summed E-state index contributed by atoms with van der Waals surface area (Å²) in [5, 5.41) is 6.76. The second-order valence-corrected chi connectivity index (χ2v) is 5.68. The summed E-state index contributed by atoms with van der Waals surface area (Å²) in [5.74, 6) is -0.403. The highest BCUT2D eigenvalue weighted by Gasteiger charge is 2.26. The average molecular weight is 314 g/mol. The molecule has 0 spiro atoms. The van der Waals surface area contributed by atoms with Gasteiger partial charge in [0.15, 0.2) is 0 Å². The van der Waals surface area contributed by atoms with Crippen molar-refractivity contribution in [3.8, 4) is 0 Å². The molecule has 3 heterocycles. The van der Waals surface area contributed by atoms with Gasteiger partial charge in [0, 0.05) is 30.9 Å². The number of nitrogens with two attached hydrogens (primary N) is 1. The quantitative estimate of drug-likeness (QED) is 0.861. The Hall–Kier alpha value is -2.77. The van der Waals surface area contributed by atoms with E-state index in [0.29, 0.717) is 18.8 Å². The number of hydrogen-bond acceptors (Lipinski definition) is 5. The Bertz CT molecular complexity index is 716. The van der Waals surface area contributed by atoms with Crippen molar-refractivity contribution in [2.75, 3.05) is 13.1 Å². The monoisotopic (exact) mass is 314 g/mol. The molecule has 0 unspecified atom stereocenters. The molecule has 0 radical (unpaired) electrons. The van der Waals surface area contributed by atoms with Crippen molar-refractivity contribution in [1.82, 2.24) is 25.1 Å². The Kier molecular flexibility index (Phi) is 4.05. The van der Waals surface area contributed by atoms with Gasteiger partial charge in [-0.25, -0.2) is 4.98 Å². The Morgan fingerprint density at radius 3 is 2.52 bits per heavy atom.